The summed E-state index contributed by atoms with van der Waals surface area (Å²) in [6, 6.07) is 51.4. The quantitative estimate of drug-likeness (QED) is 0.236. The molecule has 0 spiro atoms. The molecule has 8 rings (SSSR count). The van der Waals surface area contributed by atoms with Gasteiger partial charge in [-0.15, -0.1) is 0 Å². The van der Waals surface area contributed by atoms with Crippen molar-refractivity contribution >= 4 is 11.0 Å². The first-order chi connectivity index (χ1) is 19.8. The predicted octanol–water partition coefficient (Wildman–Crippen LogP) is 9.95. The summed E-state index contributed by atoms with van der Waals surface area (Å²) in [5, 5.41) is 1.13. The lowest BCUT2D eigenvalue weighted by molar-refractivity contribution is 1.29. The predicted molar refractivity (Wildman–Crippen MR) is 166 cm³/mol. The number of rotatable bonds is 4. The Hall–Kier alpha value is -5.34. The highest BCUT2D eigenvalue weighted by Gasteiger charge is 2.25. The molecule has 0 amide bonds. The Kier molecular flexibility index (Phi) is 5.17. The van der Waals surface area contributed by atoms with E-state index in [0.29, 0.717) is 0 Å². The third-order valence-electron chi connectivity index (χ3n) is 7.86. The Balaban J connectivity index is 1.26. The van der Waals surface area contributed by atoms with Gasteiger partial charge in [0.2, 0.25) is 0 Å². The first-order valence-electron chi connectivity index (χ1n) is 13.6. The van der Waals surface area contributed by atoms with Crippen LogP contribution in [0.1, 0.15) is 0 Å². The SMILES string of the molecule is c1ccc(-c2ccc(-c3cc4c5c(cc(-c6ccc(-c7ccccc7)cc6)nc5n3)-c3ccccc3-4)cc2)cc1. The van der Waals surface area contributed by atoms with Gasteiger partial charge in [-0.2, -0.15) is 0 Å². The van der Waals surface area contributed by atoms with E-state index in [1.54, 1.807) is 0 Å². The molecular weight excluding hydrogens is 484 g/mol. The molecule has 1 aliphatic rings. The summed E-state index contributed by atoms with van der Waals surface area (Å²) in [4.78, 5) is 10.3. The van der Waals surface area contributed by atoms with Gasteiger partial charge in [0, 0.05) is 16.5 Å². The minimum absolute atomic E-state index is 0.787. The van der Waals surface area contributed by atoms with Crippen molar-refractivity contribution in [2.45, 2.75) is 0 Å². The summed E-state index contributed by atoms with van der Waals surface area (Å²) in [7, 11) is 0. The highest BCUT2D eigenvalue weighted by atomic mass is 14.9. The van der Waals surface area contributed by atoms with Crippen molar-refractivity contribution in [3.63, 3.8) is 0 Å². The van der Waals surface area contributed by atoms with E-state index in [4.69, 9.17) is 9.97 Å². The molecule has 2 nitrogen and oxygen atoms in total. The Morgan fingerprint density at radius 3 is 1.07 bits per heavy atom. The maximum absolute atomic E-state index is 5.13. The summed E-state index contributed by atoms with van der Waals surface area (Å²) in [5.41, 5.74) is 14.5. The van der Waals surface area contributed by atoms with Crippen LogP contribution in [0.5, 0.6) is 0 Å². The Bertz CT molecular complexity index is 1860. The molecule has 0 saturated carbocycles. The van der Waals surface area contributed by atoms with Gasteiger partial charge >= 0.3 is 0 Å². The molecule has 7 aromatic rings. The normalized spacial score (nSPS) is 11.5. The number of hydrogen-bond donors (Lipinski definition) is 0. The molecule has 2 aromatic heterocycles. The molecule has 0 fully saturated rings. The highest BCUT2D eigenvalue weighted by molar-refractivity contribution is 6.14. The third kappa shape index (κ3) is 3.73. The summed E-state index contributed by atoms with van der Waals surface area (Å²) in [5.74, 6) is 0. The third-order valence-corrected chi connectivity index (χ3v) is 7.86. The number of benzene rings is 5. The van der Waals surface area contributed by atoms with Gasteiger partial charge in [-0.05, 0) is 56.6 Å². The van der Waals surface area contributed by atoms with Crippen molar-refractivity contribution in [1.82, 2.24) is 9.97 Å². The fourth-order valence-corrected chi connectivity index (χ4v) is 5.83. The summed E-state index contributed by atoms with van der Waals surface area (Å²) in [6.45, 7) is 0. The van der Waals surface area contributed by atoms with Crippen LogP contribution in [0.4, 0.5) is 0 Å². The molecule has 5 aromatic carbocycles. The van der Waals surface area contributed by atoms with Crippen LogP contribution in [-0.4, -0.2) is 9.97 Å². The van der Waals surface area contributed by atoms with E-state index in [1.807, 2.05) is 12.1 Å². The summed E-state index contributed by atoms with van der Waals surface area (Å²) >= 11 is 0. The molecule has 0 aliphatic heterocycles. The van der Waals surface area contributed by atoms with Gasteiger partial charge in [0.1, 0.15) is 0 Å². The smallest absolute Gasteiger partial charge is 0.161 e. The fraction of sp³-hybridized carbons (Fsp3) is 0. The van der Waals surface area contributed by atoms with Gasteiger partial charge in [0.15, 0.2) is 5.65 Å². The maximum atomic E-state index is 5.13. The second-order valence-corrected chi connectivity index (χ2v) is 10.2. The molecule has 0 unspecified atom stereocenters. The summed E-state index contributed by atoms with van der Waals surface area (Å²) < 4.78 is 0. The highest BCUT2D eigenvalue weighted by Crippen LogP contribution is 2.48. The van der Waals surface area contributed by atoms with Crippen molar-refractivity contribution < 1.29 is 0 Å². The van der Waals surface area contributed by atoms with Crippen LogP contribution in [0, 0.1) is 0 Å². The van der Waals surface area contributed by atoms with E-state index in [9.17, 15) is 0 Å². The molecular formula is C38H24N2. The average molecular weight is 509 g/mol. The monoisotopic (exact) mass is 508 g/mol. The van der Waals surface area contributed by atoms with E-state index < -0.39 is 0 Å². The number of fused-ring (bicyclic) bond motifs is 3. The van der Waals surface area contributed by atoms with Gasteiger partial charge in [-0.3, -0.25) is 0 Å². The number of nitrogens with zero attached hydrogens (tertiary/aromatic N) is 2. The first kappa shape index (κ1) is 22.6. The van der Waals surface area contributed by atoms with Crippen LogP contribution >= 0.6 is 0 Å². The molecule has 2 heteroatoms. The van der Waals surface area contributed by atoms with Gasteiger partial charge in [-0.25, -0.2) is 9.97 Å². The number of pyridine rings is 2. The van der Waals surface area contributed by atoms with Crippen molar-refractivity contribution in [3.05, 3.63) is 146 Å². The van der Waals surface area contributed by atoms with Crippen LogP contribution < -0.4 is 0 Å². The van der Waals surface area contributed by atoms with Crippen LogP contribution in [0.2, 0.25) is 0 Å². The zero-order valence-corrected chi connectivity index (χ0v) is 21.8. The molecule has 40 heavy (non-hydrogen) atoms. The lowest BCUT2D eigenvalue weighted by Gasteiger charge is -2.10. The average Bonchev–Trinajstić information content (AvgIpc) is 3.36. The standard InChI is InChI=1S/C38H24N2/c1-3-9-25(10-4-1)27-15-19-29(20-16-27)35-23-33-31-13-7-8-14-32(31)34-24-36(40-38(39-35)37(33)34)30-21-17-28(18-22-30)26-11-5-2-6-12-26/h1-24H. The zero-order valence-electron chi connectivity index (χ0n) is 21.8. The fourth-order valence-electron chi connectivity index (χ4n) is 5.83. The topological polar surface area (TPSA) is 25.8 Å². The van der Waals surface area contributed by atoms with Crippen molar-refractivity contribution in [2.75, 3.05) is 0 Å². The lowest BCUT2D eigenvalue weighted by atomic mass is 10.00. The van der Waals surface area contributed by atoms with E-state index in [0.717, 1.165) is 33.5 Å². The van der Waals surface area contributed by atoms with E-state index in [2.05, 4.69) is 133 Å². The molecule has 0 saturated heterocycles. The molecule has 0 atom stereocenters. The Morgan fingerprint density at radius 2 is 0.650 bits per heavy atom. The maximum Gasteiger partial charge on any atom is 0.161 e. The van der Waals surface area contributed by atoms with E-state index >= 15 is 0 Å². The molecule has 186 valence electrons. The van der Waals surface area contributed by atoms with Crippen molar-refractivity contribution in [2.24, 2.45) is 0 Å². The second-order valence-electron chi connectivity index (χ2n) is 10.2. The minimum atomic E-state index is 0.787. The Labute approximate surface area is 233 Å². The number of aromatic nitrogens is 2. The van der Waals surface area contributed by atoms with Crippen LogP contribution in [0.25, 0.3) is 78.1 Å². The molecule has 2 heterocycles. The van der Waals surface area contributed by atoms with Crippen LogP contribution in [-0.2, 0) is 0 Å². The minimum Gasteiger partial charge on any atom is -0.228 e. The lowest BCUT2D eigenvalue weighted by Crippen LogP contribution is -1.93. The molecule has 0 N–H and O–H groups in total. The number of hydrogen-bond acceptors (Lipinski definition) is 2. The molecule has 0 bridgehead atoms. The molecule has 0 radical (unpaired) electrons. The van der Waals surface area contributed by atoms with Crippen LogP contribution in [0.3, 0.4) is 0 Å². The largest absolute Gasteiger partial charge is 0.228 e. The van der Waals surface area contributed by atoms with E-state index in [-0.39, 0.29) is 0 Å². The van der Waals surface area contributed by atoms with Gasteiger partial charge in [0.05, 0.1) is 11.4 Å². The van der Waals surface area contributed by atoms with Gasteiger partial charge < -0.3 is 0 Å². The first-order valence-corrected chi connectivity index (χ1v) is 13.6. The van der Waals surface area contributed by atoms with Crippen molar-refractivity contribution in [3.8, 4) is 67.0 Å². The Morgan fingerprint density at radius 1 is 0.300 bits per heavy atom. The van der Waals surface area contributed by atoms with Crippen molar-refractivity contribution in [1.29, 1.82) is 0 Å². The second kappa shape index (κ2) is 9.14. The van der Waals surface area contributed by atoms with Crippen LogP contribution in [0.15, 0.2) is 146 Å². The summed E-state index contributed by atoms with van der Waals surface area (Å²) in [6.07, 6.45) is 0. The van der Waals surface area contributed by atoms with E-state index in [1.165, 1.54) is 44.5 Å². The molecule has 1 aliphatic carbocycles. The zero-order chi connectivity index (χ0) is 26.5. The van der Waals surface area contributed by atoms with Gasteiger partial charge in [-0.1, -0.05) is 133 Å². The van der Waals surface area contributed by atoms with Gasteiger partial charge in [0.25, 0.3) is 0 Å².